The predicted octanol–water partition coefficient (Wildman–Crippen LogP) is 4.63. The number of nitrogens with two attached hydrogens (primary N) is 1. The number of hydrogen-bond acceptors (Lipinski definition) is 3. The number of aromatic nitrogens is 1. The summed E-state index contributed by atoms with van der Waals surface area (Å²) in [5.41, 5.74) is 13.8. The third-order valence-electron chi connectivity index (χ3n) is 4.39. The fourth-order valence-corrected chi connectivity index (χ4v) is 3.15. The number of anilines is 1. The number of nitrogens with zero attached hydrogens (tertiary/aromatic N) is 1. The summed E-state index contributed by atoms with van der Waals surface area (Å²) in [6.07, 6.45) is 1.74. The summed E-state index contributed by atoms with van der Waals surface area (Å²) in [5, 5.41) is 0. The summed E-state index contributed by atoms with van der Waals surface area (Å²) < 4.78 is 0. The zero-order valence-corrected chi connectivity index (χ0v) is 12.6. The smallest absolute Gasteiger partial charge is 0.127 e. The molecule has 2 aromatic carbocycles. The lowest BCUT2D eigenvalue weighted by Gasteiger charge is -2.25. The second-order valence-corrected chi connectivity index (χ2v) is 5.55. The van der Waals surface area contributed by atoms with Crippen LogP contribution in [0.3, 0.4) is 0 Å². The topological polar surface area (TPSA) is 73.9 Å². The van der Waals surface area contributed by atoms with Crippen LogP contribution < -0.4 is 11.9 Å². The summed E-state index contributed by atoms with van der Waals surface area (Å²) in [4.78, 5) is 4.19. The first-order chi connectivity index (χ1) is 10.3. The van der Waals surface area contributed by atoms with E-state index in [-0.39, 0.29) is 12.1 Å². The molecule has 0 radical (unpaired) electrons. The van der Waals surface area contributed by atoms with Crippen LogP contribution in [0.25, 0.3) is 22.3 Å². The van der Waals surface area contributed by atoms with Crippen molar-refractivity contribution in [3.63, 3.8) is 0 Å². The van der Waals surface area contributed by atoms with Crippen LogP contribution in [-0.4, -0.2) is 4.98 Å². The van der Waals surface area contributed by atoms with Gasteiger partial charge < -0.3 is 11.9 Å². The summed E-state index contributed by atoms with van der Waals surface area (Å²) in [6, 6.07) is 19.3. The van der Waals surface area contributed by atoms with Crippen molar-refractivity contribution in [3.8, 4) is 22.3 Å². The van der Waals surface area contributed by atoms with E-state index in [2.05, 4.69) is 60.4 Å². The molecule has 1 aliphatic rings. The molecule has 22 heavy (non-hydrogen) atoms. The molecular weight excluding hydrogens is 270 g/mol. The minimum absolute atomic E-state index is 0. The van der Waals surface area contributed by atoms with Gasteiger partial charge in [0.2, 0.25) is 0 Å². The molecule has 3 nitrogen and oxygen atoms in total. The zero-order chi connectivity index (χ0) is 14.4. The number of rotatable bonds is 2. The van der Waals surface area contributed by atoms with Gasteiger partial charge in [-0.3, -0.25) is 0 Å². The van der Waals surface area contributed by atoms with Crippen LogP contribution in [0.2, 0.25) is 0 Å². The minimum Gasteiger partial charge on any atom is -0.383 e. The lowest BCUT2D eigenvalue weighted by molar-refractivity contribution is 0.917. The lowest BCUT2D eigenvalue weighted by Crippen LogP contribution is -2.05. The van der Waals surface area contributed by atoms with Gasteiger partial charge in [0.15, 0.2) is 0 Å². The maximum absolute atomic E-state index is 6.01. The van der Waals surface area contributed by atoms with Gasteiger partial charge in [-0.15, -0.1) is 0 Å². The summed E-state index contributed by atoms with van der Waals surface area (Å²) in [6.45, 7) is 2.18. The van der Waals surface area contributed by atoms with Crippen molar-refractivity contribution in [2.24, 2.45) is 0 Å². The van der Waals surface area contributed by atoms with Crippen molar-refractivity contribution in [1.82, 2.24) is 11.1 Å². The van der Waals surface area contributed by atoms with Crippen LogP contribution >= 0.6 is 0 Å². The van der Waals surface area contributed by atoms with Gasteiger partial charge in [0.05, 0.1) is 0 Å². The molecule has 0 saturated carbocycles. The van der Waals surface area contributed by atoms with E-state index in [9.17, 15) is 0 Å². The monoisotopic (exact) mass is 289 g/mol. The van der Waals surface area contributed by atoms with Crippen molar-refractivity contribution < 1.29 is 0 Å². The molecule has 0 spiro atoms. The number of hydrogen-bond donors (Lipinski definition) is 2. The molecule has 1 unspecified atom stereocenters. The van der Waals surface area contributed by atoms with Crippen molar-refractivity contribution in [3.05, 3.63) is 71.9 Å². The molecular formula is C19H19N3. The minimum atomic E-state index is 0. The highest BCUT2D eigenvalue weighted by Crippen LogP contribution is 2.48. The Morgan fingerprint density at radius 1 is 0.864 bits per heavy atom. The second-order valence-electron chi connectivity index (χ2n) is 5.55. The Balaban J connectivity index is 0.00000144. The van der Waals surface area contributed by atoms with Gasteiger partial charge in [0.1, 0.15) is 5.82 Å². The standard InChI is InChI=1S/C19H16N2.H3N/c1-12(14-7-4-10-21-19(14)20)13-8-9-17-15-5-2-3-6-16(15)18(17)11-13;/h2-12H,1H3,(H2,20,21);1H3. The third kappa shape index (κ3) is 1.98. The van der Waals surface area contributed by atoms with E-state index in [0.29, 0.717) is 5.82 Å². The average molecular weight is 289 g/mol. The Bertz CT molecular complexity index is 840. The van der Waals surface area contributed by atoms with E-state index in [1.165, 1.54) is 27.8 Å². The Labute approximate surface area is 130 Å². The van der Waals surface area contributed by atoms with Gasteiger partial charge in [-0.2, -0.15) is 0 Å². The number of nitrogen functional groups attached to an aromatic ring is 1. The highest BCUT2D eigenvalue weighted by molar-refractivity contribution is 6.02. The molecule has 5 N–H and O–H groups in total. The van der Waals surface area contributed by atoms with E-state index in [1.807, 2.05) is 6.07 Å². The van der Waals surface area contributed by atoms with Gasteiger partial charge in [0, 0.05) is 17.7 Å². The van der Waals surface area contributed by atoms with Crippen LogP contribution in [0.5, 0.6) is 0 Å². The third-order valence-corrected chi connectivity index (χ3v) is 4.39. The second kappa shape index (κ2) is 5.28. The van der Waals surface area contributed by atoms with Crippen LogP contribution in [0.15, 0.2) is 60.8 Å². The Hall–Kier alpha value is -2.65. The van der Waals surface area contributed by atoms with Crippen molar-refractivity contribution in [1.29, 1.82) is 0 Å². The molecule has 1 aliphatic carbocycles. The predicted molar refractivity (Wildman–Crippen MR) is 92.1 cm³/mol. The van der Waals surface area contributed by atoms with E-state index in [0.717, 1.165) is 5.56 Å². The first kappa shape index (κ1) is 14.3. The summed E-state index contributed by atoms with van der Waals surface area (Å²) >= 11 is 0. The molecule has 1 aromatic heterocycles. The highest BCUT2D eigenvalue weighted by Gasteiger charge is 2.23. The maximum Gasteiger partial charge on any atom is 0.127 e. The number of pyridine rings is 1. The van der Waals surface area contributed by atoms with Crippen LogP contribution in [-0.2, 0) is 0 Å². The molecule has 0 fully saturated rings. The molecule has 0 aliphatic heterocycles. The number of fused-ring (bicyclic) bond motifs is 4. The lowest BCUT2D eigenvalue weighted by atomic mass is 9.78. The van der Waals surface area contributed by atoms with Gasteiger partial charge >= 0.3 is 0 Å². The van der Waals surface area contributed by atoms with Gasteiger partial charge in [-0.05, 0) is 39.9 Å². The average Bonchev–Trinajstić information content (AvgIpc) is 2.52. The molecule has 1 atom stereocenters. The largest absolute Gasteiger partial charge is 0.383 e. The van der Waals surface area contributed by atoms with E-state index >= 15 is 0 Å². The Kier molecular flexibility index (Phi) is 3.43. The van der Waals surface area contributed by atoms with Crippen LogP contribution in [0, 0.1) is 0 Å². The fraction of sp³-hybridized carbons (Fsp3) is 0.105. The van der Waals surface area contributed by atoms with Crippen LogP contribution in [0.4, 0.5) is 5.82 Å². The molecule has 0 saturated heterocycles. The molecule has 1 heterocycles. The molecule has 3 aromatic rings. The molecule has 4 rings (SSSR count). The Morgan fingerprint density at radius 3 is 2.27 bits per heavy atom. The van der Waals surface area contributed by atoms with E-state index < -0.39 is 0 Å². The highest BCUT2D eigenvalue weighted by atomic mass is 14.8. The van der Waals surface area contributed by atoms with Crippen LogP contribution in [0.1, 0.15) is 24.0 Å². The van der Waals surface area contributed by atoms with Gasteiger partial charge in [-0.1, -0.05) is 49.4 Å². The van der Waals surface area contributed by atoms with E-state index in [4.69, 9.17) is 5.73 Å². The van der Waals surface area contributed by atoms with Gasteiger partial charge in [-0.25, -0.2) is 4.98 Å². The number of benzene rings is 2. The normalized spacial score (nSPS) is 12.4. The summed E-state index contributed by atoms with van der Waals surface area (Å²) in [7, 11) is 0. The molecule has 0 amide bonds. The molecule has 110 valence electrons. The van der Waals surface area contributed by atoms with Crippen molar-refractivity contribution in [2.45, 2.75) is 12.8 Å². The molecule has 0 bridgehead atoms. The first-order valence-electron chi connectivity index (χ1n) is 7.20. The van der Waals surface area contributed by atoms with Crippen molar-refractivity contribution in [2.75, 3.05) is 5.73 Å². The zero-order valence-electron chi connectivity index (χ0n) is 12.6. The van der Waals surface area contributed by atoms with Gasteiger partial charge in [0.25, 0.3) is 0 Å². The Morgan fingerprint density at radius 2 is 1.55 bits per heavy atom. The quantitative estimate of drug-likeness (QED) is 0.565. The fourth-order valence-electron chi connectivity index (χ4n) is 3.15. The summed E-state index contributed by atoms with van der Waals surface area (Å²) in [5.74, 6) is 0.866. The SMILES string of the molecule is CC(c1ccc2c(c1)-c1ccccc1-2)c1cccnc1N.N. The maximum atomic E-state index is 6.01. The van der Waals surface area contributed by atoms with E-state index in [1.54, 1.807) is 6.20 Å². The molecule has 3 heteroatoms. The van der Waals surface area contributed by atoms with Crippen molar-refractivity contribution >= 4 is 5.82 Å². The first-order valence-corrected chi connectivity index (χ1v) is 7.20.